The van der Waals surface area contributed by atoms with Crippen LogP contribution in [0.1, 0.15) is 85.0 Å². The molecule has 0 radical (unpaired) electrons. The fraction of sp³-hybridized carbons (Fsp3) is 0.808. The van der Waals surface area contributed by atoms with Gasteiger partial charge >= 0.3 is 5.97 Å². The highest BCUT2D eigenvalue weighted by Gasteiger charge is 2.59. The molecule has 1 saturated heterocycles. The van der Waals surface area contributed by atoms with E-state index in [1.165, 1.54) is 31.3 Å². The van der Waals surface area contributed by atoms with Gasteiger partial charge in [-0.25, -0.2) is 4.79 Å². The predicted molar refractivity (Wildman–Crippen MR) is 120 cm³/mol. The fourth-order valence-corrected chi connectivity index (χ4v) is 8.38. The number of carbonyl (C=O) groups is 2. The lowest BCUT2D eigenvalue weighted by Gasteiger charge is -2.58. The van der Waals surface area contributed by atoms with Crippen molar-refractivity contribution in [2.75, 3.05) is 6.54 Å². The largest absolute Gasteiger partial charge is 0.351 e. The molecule has 1 heterocycles. The summed E-state index contributed by atoms with van der Waals surface area (Å²) in [5, 5.41) is 7.55. The molecule has 0 aromatic heterocycles. The van der Waals surface area contributed by atoms with Crippen LogP contribution in [-0.4, -0.2) is 30.1 Å². The first kappa shape index (κ1) is 21.4. The van der Waals surface area contributed by atoms with Crippen LogP contribution in [0.25, 0.3) is 0 Å². The third-order valence-corrected chi connectivity index (χ3v) is 10.1. The van der Waals surface area contributed by atoms with Crippen molar-refractivity contribution in [1.29, 1.82) is 0 Å². The van der Waals surface area contributed by atoms with Gasteiger partial charge in [0, 0.05) is 12.3 Å². The van der Waals surface area contributed by atoms with Crippen molar-refractivity contribution >= 4 is 17.5 Å². The minimum atomic E-state index is -0.230. The topological polar surface area (TPSA) is 67.8 Å². The van der Waals surface area contributed by atoms with Crippen molar-refractivity contribution in [3.05, 3.63) is 11.6 Å². The summed E-state index contributed by atoms with van der Waals surface area (Å²) in [6.45, 7) is 7.87. The lowest BCUT2D eigenvalue weighted by molar-refractivity contribution is -0.145. The molecule has 0 spiro atoms. The van der Waals surface area contributed by atoms with Gasteiger partial charge in [0.1, 0.15) is 6.04 Å². The van der Waals surface area contributed by atoms with Gasteiger partial charge in [-0.15, -0.1) is 0 Å². The summed E-state index contributed by atoms with van der Waals surface area (Å²) in [4.78, 5) is 29.7. The van der Waals surface area contributed by atoms with E-state index in [-0.39, 0.29) is 22.8 Å². The van der Waals surface area contributed by atoms with Gasteiger partial charge < -0.3 is 10.2 Å². The smallest absolute Gasteiger partial charge is 0.317 e. The number of rotatable bonds is 3. The monoisotopic (exact) mass is 426 g/mol. The zero-order valence-corrected chi connectivity index (χ0v) is 19.4. The number of hydrogen-bond donors (Lipinski definition) is 1. The van der Waals surface area contributed by atoms with Crippen LogP contribution in [-0.2, 0) is 14.4 Å². The lowest BCUT2D eigenvalue weighted by Crippen LogP contribution is -2.51. The van der Waals surface area contributed by atoms with E-state index in [0.29, 0.717) is 23.5 Å². The molecule has 0 aromatic rings. The summed E-state index contributed by atoms with van der Waals surface area (Å²) in [7, 11) is 0. The van der Waals surface area contributed by atoms with Crippen LogP contribution in [0.2, 0.25) is 0 Å². The number of oxime groups is 1. The number of nitrogens with one attached hydrogen (secondary N) is 1. The van der Waals surface area contributed by atoms with Crippen molar-refractivity contribution in [2.24, 2.45) is 39.7 Å². The van der Waals surface area contributed by atoms with Crippen LogP contribution in [0.4, 0.5) is 0 Å². The number of nitrogens with zero attached hydrogens (tertiary/aromatic N) is 1. The van der Waals surface area contributed by atoms with Gasteiger partial charge in [0.05, 0.1) is 5.71 Å². The highest BCUT2D eigenvalue weighted by atomic mass is 16.7. The normalized spacial score (nSPS) is 44.9. The molecule has 0 bridgehead atoms. The van der Waals surface area contributed by atoms with Crippen LogP contribution < -0.4 is 5.32 Å². The Morgan fingerprint density at radius 1 is 1.10 bits per heavy atom. The second kappa shape index (κ2) is 7.83. The van der Waals surface area contributed by atoms with Gasteiger partial charge in [-0.05, 0) is 106 Å². The van der Waals surface area contributed by atoms with Crippen LogP contribution in [0, 0.1) is 34.5 Å². The summed E-state index contributed by atoms with van der Waals surface area (Å²) >= 11 is 0. The molecule has 0 unspecified atom stereocenters. The zero-order chi connectivity index (χ0) is 21.8. The van der Waals surface area contributed by atoms with E-state index in [1.807, 2.05) is 6.08 Å². The van der Waals surface area contributed by atoms with Crippen molar-refractivity contribution in [1.82, 2.24) is 5.32 Å². The summed E-state index contributed by atoms with van der Waals surface area (Å²) in [6, 6.07) is -0.188. The Bertz CT molecular complexity index is 827. The molecular weight excluding hydrogens is 388 g/mol. The Morgan fingerprint density at radius 3 is 2.71 bits per heavy atom. The predicted octanol–water partition coefficient (Wildman–Crippen LogP) is 4.81. The molecule has 5 aliphatic rings. The average molecular weight is 427 g/mol. The molecule has 1 N–H and O–H groups in total. The Hall–Kier alpha value is -1.49. The molecule has 0 amide bonds. The van der Waals surface area contributed by atoms with Gasteiger partial charge in [0.15, 0.2) is 5.78 Å². The number of ketones is 1. The maximum atomic E-state index is 12.3. The summed E-state index contributed by atoms with van der Waals surface area (Å²) in [5.74, 6) is 2.68. The van der Waals surface area contributed by atoms with Crippen molar-refractivity contribution < 1.29 is 14.4 Å². The average Bonchev–Trinajstić information content (AvgIpc) is 3.40. The summed E-state index contributed by atoms with van der Waals surface area (Å²) < 4.78 is 0. The standard InChI is InChI=1S/C26H38N2O3/c1-16(28-31-24(30)23-5-4-14-27-23)20-8-9-21-19-7-6-17-15-18(29)10-12-25(17,2)22(19)11-13-26(20,21)3/h15,19-23,27H,4-14H2,1-3H3/t19-,20+,21-,22-,23-,25-,26+/m0/s1. The SMILES string of the molecule is CC(=NOC(=O)[C@@H]1CCCN1)[C@H]1CC[C@H]2[C@@H]3CCC4=CC(=O)CC[C@]4(C)[C@H]3CC[C@]12C. The van der Waals surface area contributed by atoms with Gasteiger partial charge in [0.2, 0.25) is 0 Å². The Labute approximate surface area is 186 Å². The van der Waals surface area contributed by atoms with E-state index in [2.05, 4.69) is 31.2 Å². The minimum absolute atomic E-state index is 0.188. The van der Waals surface area contributed by atoms with Crippen LogP contribution in [0.3, 0.4) is 0 Å². The molecule has 0 aromatic carbocycles. The molecule has 5 rings (SSSR count). The quantitative estimate of drug-likeness (QED) is 0.400. The first-order valence-electron chi connectivity index (χ1n) is 12.6. The second-order valence-corrected chi connectivity index (χ2v) is 11.4. The molecule has 1 aliphatic heterocycles. The van der Waals surface area contributed by atoms with E-state index in [0.717, 1.165) is 56.7 Å². The first-order valence-corrected chi connectivity index (χ1v) is 12.6. The Morgan fingerprint density at radius 2 is 1.94 bits per heavy atom. The molecule has 4 aliphatic carbocycles. The molecule has 31 heavy (non-hydrogen) atoms. The molecule has 4 fully saturated rings. The highest BCUT2D eigenvalue weighted by Crippen LogP contribution is 2.66. The molecular formula is C26H38N2O3. The molecule has 170 valence electrons. The van der Waals surface area contributed by atoms with E-state index in [1.54, 1.807) is 0 Å². The second-order valence-electron chi connectivity index (χ2n) is 11.4. The number of fused-ring (bicyclic) bond motifs is 5. The summed E-state index contributed by atoms with van der Waals surface area (Å²) in [5.41, 5.74) is 2.91. The van der Waals surface area contributed by atoms with Crippen LogP contribution in [0.5, 0.6) is 0 Å². The number of hydrogen-bond acceptors (Lipinski definition) is 5. The Balaban J connectivity index is 1.32. The molecule has 3 saturated carbocycles. The van der Waals surface area contributed by atoms with Crippen molar-refractivity contribution in [3.63, 3.8) is 0 Å². The van der Waals surface area contributed by atoms with E-state index in [4.69, 9.17) is 4.84 Å². The maximum Gasteiger partial charge on any atom is 0.351 e. The van der Waals surface area contributed by atoms with Gasteiger partial charge in [-0.2, -0.15) is 0 Å². The van der Waals surface area contributed by atoms with Gasteiger partial charge in [-0.3, -0.25) is 4.79 Å². The highest BCUT2D eigenvalue weighted by molar-refractivity contribution is 5.91. The number of carbonyl (C=O) groups excluding carboxylic acids is 2. The third kappa shape index (κ3) is 3.42. The zero-order valence-electron chi connectivity index (χ0n) is 19.4. The van der Waals surface area contributed by atoms with Crippen molar-refractivity contribution in [2.45, 2.75) is 91.0 Å². The van der Waals surface area contributed by atoms with E-state index < -0.39 is 0 Å². The maximum absolute atomic E-state index is 12.3. The first-order chi connectivity index (χ1) is 14.8. The van der Waals surface area contributed by atoms with Gasteiger partial charge in [0.25, 0.3) is 0 Å². The van der Waals surface area contributed by atoms with Crippen LogP contribution >= 0.6 is 0 Å². The van der Waals surface area contributed by atoms with E-state index in [9.17, 15) is 9.59 Å². The van der Waals surface area contributed by atoms with Crippen LogP contribution in [0.15, 0.2) is 16.8 Å². The number of allylic oxidation sites excluding steroid dienone is 1. The lowest BCUT2D eigenvalue weighted by atomic mass is 9.46. The molecule has 5 heteroatoms. The third-order valence-electron chi connectivity index (χ3n) is 10.1. The van der Waals surface area contributed by atoms with E-state index >= 15 is 0 Å². The fourth-order valence-electron chi connectivity index (χ4n) is 8.38. The summed E-state index contributed by atoms with van der Waals surface area (Å²) in [6.07, 6.45) is 12.8. The molecule has 7 atom stereocenters. The van der Waals surface area contributed by atoms with Crippen molar-refractivity contribution in [3.8, 4) is 0 Å². The Kier molecular flexibility index (Phi) is 5.39. The minimum Gasteiger partial charge on any atom is -0.317 e. The molecule has 5 nitrogen and oxygen atoms in total. The van der Waals surface area contributed by atoms with Gasteiger partial charge in [-0.1, -0.05) is 24.6 Å².